The van der Waals surface area contributed by atoms with Gasteiger partial charge in [0.05, 0.1) is 11.6 Å². The molecule has 8 heteroatoms. The number of methoxy groups -OCH3 is 1. The lowest BCUT2D eigenvalue weighted by molar-refractivity contribution is 0.0511. The fraction of sp³-hybridized carbons (Fsp3) is 0.444. The van der Waals surface area contributed by atoms with Gasteiger partial charge in [0, 0.05) is 30.0 Å². The third-order valence-electron chi connectivity index (χ3n) is 4.58. The first-order chi connectivity index (χ1) is 12.1. The van der Waals surface area contributed by atoms with Crippen LogP contribution in [-0.4, -0.2) is 44.2 Å². The zero-order valence-electron chi connectivity index (χ0n) is 14.6. The third-order valence-corrected chi connectivity index (χ3v) is 5.78. The molecule has 1 saturated heterocycles. The van der Waals surface area contributed by atoms with Crippen LogP contribution in [0.5, 0.6) is 0 Å². The first kappa shape index (κ1) is 21.1. The first-order valence-corrected chi connectivity index (χ1v) is 9.58. The quantitative estimate of drug-likeness (QED) is 0.755. The lowest BCUT2D eigenvalue weighted by Crippen LogP contribution is -2.47. The lowest BCUT2D eigenvalue weighted by Gasteiger charge is -2.37. The molecule has 3 rings (SSSR count). The fourth-order valence-electron chi connectivity index (χ4n) is 3.13. The number of hydrogen-bond acceptors (Lipinski definition) is 5. The average Bonchev–Trinajstić information content (AvgIpc) is 3.11. The van der Waals surface area contributed by atoms with E-state index in [2.05, 4.69) is 15.6 Å². The summed E-state index contributed by atoms with van der Waals surface area (Å²) in [4.78, 5) is 17.0. The first-order valence-electron chi connectivity index (χ1n) is 8.32. The molecule has 0 unspecified atom stereocenters. The molecule has 1 aromatic heterocycles. The normalized spacial score (nSPS) is 15.9. The lowest BCUT2D eigenvalue weighted by atomic mass is 9.79. The molecule has 0 radical (unpaired) electrons. The SMILES string of the molecule is COCC1(CNC(=O)c2csc(-c3ccccc3Cl)n2)CCNCC1.Cl. The zero-order valence-corrected chi connectivity index (χ0v) is 17.0. The molecule has 1 aromatic carbocycles. The predicted octanol–water partition coefficient (Wildman–Crippen LogP) is 3.63. The number of halogens is 2. The van der Waals surface area contributed by atoms with E-state index in [0.717, 1.165) is 36.5 Å². The average molecular weight is 416 g/mol. The van der Waals surface area contributed by atoms with Crippen molar-refractivity contribution < 1.29 is 9.53 Å². The van der Waals surface area contributed by atoms with E-state index in [1.54, 1.807) is 12.5 Å². The molecule has 1 amide bonds. The Bertz CT molecular complexity index is 727. The van der Waals surface area contributed by atoms with Crippen molar-refractivity contribution in [1.82, 2.24) is 15.6 Å². The Morgan fingerprint density at radius 3 is 2.81 bits per heavy atom. The standard InChI is InChI=1S/C18H22ClN3O2S.ClH/c1-24-12-18(6-8-20-9-7-18)11-21-16(23)15-10-25-17(22-15)13-4-2-3-5-14(13)19;/h2-5,10,20H,6-9,11-12H2,1H3,(H,21,23);1H. The van der Waals surface area contributed by atoms with Crippen LogP contribution in [0, 0.1) is 5.41 Å². The van der Waals surface area contributed by atoms with Crippen LogP contribution >= 0.6 is 35.3 Å². The minimum Gasteiger partial charge on any atom is -0.384 e. The number of aromatic nitrogens is 1. The molecule has 5 nitrogen and oxygen atoms in total. The number of amides is 1. The summed E-state index contributed by atoms with van der Waals surface area (Å²) in [6.07, 6.45) is 1.98. The van der Waals surface area contributed by atoms with Gasteiger partial charge >= 0.3 is 0 Å². The Hall–Kier alpha value is -1.18. The van der Waals surface area contributed by atoms with Crippen molar-refractivity contribution >= 4 is 41.3 Å². The second-order valence-corrected chi connectivity index (χ2v) is 7.65. The van der Waals surface area contributed by atoms with E-state index >= 15 is 0 Å². The van der Waals surface area contributed by atoms with Crippen LogP contribution in [0.25, 0.3) is 10.6 Å². The second-order valence-electron chi connectivity index (χ2n) is 6.38. The van der Waals surface area contributed by atoms with Crippen molar-refractivity contribution in [3.63, 3.8) is 0 Å². The Kier molecular flexibility index (Phi) is 7.85. The van der Waals surface area contributed by atoms with Gasteiger partial charge in [-0.3, -0.25) is 4.79 Å². The van der Waals surface area contributed by atoms with Gasteiger partial charge in [-0.05, 0) is 32.0 Å². The van der Waals surface area contributed by atoms with Crippen molar-refractivity contribution in [3.05, 3.63) is 40.4 Å². The molecule has 2 heterocycles. The molecule has 26 heavy (non-hydrogen) atoms. The van der Waals surface area contributed by atoms with Crippen LogP contribution in [0.4, 0.5) is 0 Å². The highest BCUT2D eigenvalue weighted by molar-refractivity contribution is 7.13. The Labute approximate surface area is 168 Å². The summed E-state index contributed by atoms with van der Waals surface area (Å²) >= 11 is 7.63. The number of hydrogen-bond donors (Lipinski definition) is 2. The number of thiazole rings is 1. The molecule has 0 spiro atoms. The summed E-state index contributed by atoms with van der Waals surface area (Å²) in [5.41, 5.74) is 1.28. The molecule has 1 fully saturated rings. The van der Waals surface area contributed by atoms with E-state index in [4.69, 9.17) is 16.3 Å². The fourth-order valence-corrected chi connectivity index (χ4v) is 4.25. The van der Waals surface area contributed by atoms with Crippen molar-refractivity contribution in [1.29, 1.82) is 0 Å². The van der Waals surface area contributed by atoms with Gasteiger partial charge in [0.15, 0.2) is 0 Å². The Morgan fingerprint density at radius 1 is 1.38 bits per heavy atom. The van der Waals surface area contributed by atoms with Crippen LogP contribution < -0.4 is 10.6 Å². The molecule has 0 atom stereocenters. The molecule has 0 aliphatic carbocycles. The van der Waals surface area contributed by atoms with Crippen LogP contribution in [0.2, 0.25) is 5.02 Å². The summed E-state index contributed by atoms with van der Waals surface area (Å²) in [5, 5.41) is 9.56. The van der Waals surface area contributed by atoms with Crippen molar-refractivity contribution in [2.75, 3.05) is 33.4 Å². The van der Waals surface area contributed by atoms with Crippen molar-refractivity contribution in [2.24, 2.45) is 5.41 Å². The maximum atomic E-state index is 12.5. The minimum atomic E-state index is -0.149. The number of carbonyl (C=O) groups excluding carboxylic acids is 1. The summed E-state index contributed by atoms with van der Waals surface area (Å²) in [5.74, 6) is -0.149. The van der Waals surface area contributed by atoms with E-state index in [9.17, 15) is 4.79 Å². The number of piperidine rings is 1. The molecule has 0 saturated carbocycles. The van der Waals surface area contributed by atoms with Gasteiger partial charge in [0.1, 0.15) is 10.7 Å². The van der Waals surface area contributed by atoms with E-state index < -0.39 is 0 Å². The highest BCUT2D eigenvalue weighted by Gasteiger charge is 2.32. The van der Waals surface area contributed by atoms with Gasteiger partial charge in [-0.25, -0.2) is 4.98 Å². The van der Waals surface area contributed by atoms with Crippen molar-refractivity contribution in [2.45, 2.75) is 12.8 Å². The second kappa shape index (κ2) is 9.67. The molecule has 1 aliphatic rings. The largest absolute Gasteiger partial charge is 0.384 e. The van der Waals surface area contributed by atoms with Gasteiger partial charge in [-0.2, -0.15) is 0 Å². The van der Waals surface area contributed by atoms with Crippen LogP contribution in [0.1, 0.15) is 23.3 Å². The maximum absolute atomic E-state index is 12.5. The molecular weight excluding hydrogens is 393 g/mol. The third kappa shape index (κ3) is 4.96. The highest BCUT2D eigenvalue weighted by Crippen LogP contribution is 2.31. The summed E-state index contributed by atoms with van der Waals surface area (Å²) in [6.45, 7) is 3.15. The van der Waals surface area contributed by atoms with Crippen LogP contribution in [0.3, 0.4) is 0 Å². The number of ether oxygens (including phenoxy) is 1. The van der Waals surface area contributed by atoms with E-state index in [1.165, 1.54) is 11.3 Å². The predicted molar refractivity (Wildman–Crippen MR) is 109 cm³/mol. The smallest absolute Gasteiger partial charge is 0.270 e. The molecule has 2 aromatic rings. The Morgan fingerprint density at radius 2 is 2.12 bits per heavy atom. The van der Waals surface area contributed by atoms with Gasteiger partial charge in [-0.15, -0.1) is 23.7 Å². The maximum Gasteiger partial charge on any atom is 0.270 e. The summed E-state index contributed by atoms with van der Waals surface area (Å²) in [6, 6.07) is 7.52. The van der Waals surface area contributed by atoms with Crippen LogP contribution in [-0.2, 0) is 4.74 Å². The summed E-state index contributed by atoms with van der Waals surface area (Å²) in [7, 11) is 1.71. The Balaban J connectivity index is 0.00000243. The minimum absolute atomic E-state index is 0. The zero-order chi connectivity index (χ0) is 17.7. The van der Waals surface area contributed by atoms with E-state index in [0.29, 0.717) is 23.9 Å². The summed E-state index contributed by atoms with van der Waals surface area (Å²) < 4.78 is 5.39. The highest BCUT2D eigenvalue weighted by atomic mass is 35.5. The molecule has 2 N–H and O–H groups in total. The van der Waals surface area contributed by atoms with Crippen LogP contribution in [0.15, 0.2) is 29.6 Å². The number of carbonyl (C=O) groups is 1. The van der Waals surface area contributed by atoms with Gasteiger partial charge in [-0.1, -0.05) is 29.8 Å². The van der Waals surface area contributed by atoms with E-state index in [-0.39, 0.29) is 23.7 Å². The van der Waals surface area contributed by atoms with Gasteiger partial charge < -0.3 is 15.4 Å². The topological polar surface area (TPSA) is 63.2 Å². The molecule has 1 aliphatic heterocycles. The molecular formula is C18H23Cl2N3O2S. The monoisotopic (exact) mass is 415 g/mol. The van der Waals surface area contributed by atoms with Crippen molar-refractivity contribution in [3.8, 4) is 10.6 Å². The van der Waals surface area contributed by atoms with Gasteiger partial charge in [0.2, 0.25) is 0 Å². The molecule has 142 valence electrons. The number of benzene rings is 1. The molecule has 0 bridgehead atoms. The number of nitrogens with zero attached hydrogens (tertiary/aromatic N) is 1. The van der Waals surface area contributed by atoms with Gasteiger partial charge in [0.25, 0.3) is 5.91 Å². The van der Waals surface area contributed by atoms with E-state index in [1.807, 2.05) is 24.3 Å². The number of rotatable bonds is 6. The number of nitrogens with one attached hydrogen (secondary N) is 2.